The molecule has 2 N–H and O–H groups in total. The molecule has 0 unspecified atom stereocenters. The molecule has 0 aliphatic heterocycles. The highest BCUT2D eigenvalue weighted by Gasteiger charge is 2.12. The SMILES string of the molecule is O=C(O)CNCCC1CCCCC1. The van der Waals surface area contributed by atoms with E-state index < -0.39 is 5.97 Å². The predicted molar refractivity (Wildman–Crippen MR) is 51.7 cm³/mol. The van der Waals surface area contributed by atoms with Crippen LogP contribution in [0.3, 0.4) is 0 Å². The molecule has 0 bridgehead atoms. The van der Waals surface area contributed by atoms with E-state index in [2.05, 4.69) is 5.32 Å². The summed E-state index contributed by atoms with van der Waals surface area (Å²) in [4.78, 5) is 10.2. The van der Waals surface area contributed by atoms with Crippen LogP contribution >= 0.6 is 0 Å². The van der Waals surface area contributed by atoms with Crippen molar-refractivity contribution in [3.8, 4) is 0 Å². The van der Waals surface area contributed by atoms with Gasteiger partial charge in [-0.15, -0.1) is 0 Å². The minimum absolute atomic E-state index is 0.104. The van der Waals surface area contributed by atoms with Crippen LogP contribution in [-0.4, -0.2) is 24.2 Å². The smallest absolute Gasteiger partial charge is 0.317 e. The Morgan fingerprint density at radius 2 is 2.00 bits per heavy atom. The van der Waals surface area contributed by atoms with Gasteiger partial charge >= 0.3 is 5.97 Å². The Kier molecular flexibility index (Phi) is 4.83. The fraction of sp³-hybridized carbons (Fsp3) is 0.900. The molecule has 13 heavy (non-hydrogen) atoms. The van der Waals surface area contributed by atoms with Gasteiger partial charge in [0.05, 0.1) is 6.54 Å². The average molecular weight is 185 g/mol. The van der Waals surface area contributed by atoms with Crippen molar-refractivity contribution in [2.75, 3.05) is 13.1 Å². The summed E-state index contributed by atoms with van der Waals surface area (Å²) in [5.41, 5.74) is 0. The van der Waals surface area contributed by atoms with Crippen LogP contribution in [0, 0.1) is 5.92 Å². The van der Waals surface area contributed by atoms with Crippen LogP contribution in [0.5, 0.6) is 0 Å². The number of carboxylic acids is 1. The molecule has 0 aromatic rings. The maximum absolute atomic E-state index is 10.2. The van der Waals surface area contributed by atoms with E-state index >= 15 is 0 Å². The van der Waals surface area contributed by atoms with Crippen molar-refractivity contribution < 1.29 is 9.90 Å². The molecule has 0 aromatic carbocycles. The second-order valence-corrected chi connectivity index (χ2v) is 3.86. The number of hydrogen-bond acceptors (Lipinski definition) is 2. The van der Waals surface area contributed by atoms with Gasteiger partial charge in [-0.3, -0.25) is 4.79 Å². The van der Waals surface area contributed by atoms with Gasteiger partial charge in [0, 0.05) is 0 Å². The summed E-state index contributed by atoms with van der Waals surface area (Å²) in [5, 5.41) is 11.3. The number of rotatable bonds is 5. The zero-order chi connectivity index (χ0) is 9.52. The first kappa shape index (κ1) is 10.5. The Labute approximate surface area is 79.5 Å². The first-order chi connectivity index (χ1) is 6.29. The van der Waals surface area contributed by atoms with E-state index in [0.717, 1.165) is 18.9 Å². The molecule has 0 saturated heterocycles. The lowest BCUT2D eigenvalue weighted by Crippen LogP contribution is -2.25. The van der Waals surface area contributed by atoms with Gasteiger partial charge in [-0.2, -0.15) is 0 Å². The Bertz CT molecular complexity index is 153. The molecule has 0 heterocycles. The van der Waals surface area contributed by atoms with E-state index in [4.69, 9.17) is 5.11 Å². The van der Waals surface area contributed by atoms with Crippen molar-refractivity contribution in [1.82, 2.24) is 5.32 Å². The van der Waals surface area contributed by atoms with E-state index in [0.29, 0.717) is 0 Å². The quantitative estimate of drug-likeness (QED) is 0.640. The van der Waals surface area contributed by atoms with E-state index in [1.165, 1.54) is 32.1 Å². The topological polar surface area (TPSA) is 49.3 Å². The van der Waals surface area contributed by atoms with Crippen molar-refractivity contribution >= 4 is 5.97 Å². The van der Waals surface area contributed by atoms with E-state index in [1.807, 2.05) is 0 Å². The molecule has 1 saturated carbocycles. The van der Waals surface area contributed by atoms with Gasteiger partial charge < -0.3 is 10.4 Å². The second kappa shape index (κ2) is 5.97. The van der Waals surface area contributed by atoms with E-state index in [-0.39, 0.29) is 6.54 Å². The van der Waals surface area contributed by atoms with Crippen molar-refractivity contribution in [1.29, 1.82) is 0 Å². The van der Waals surface area contributed by atoms with Crippen LogP contribution in [-0.2, 0) is 4.79 Å². The minimum atomic E-state index is -0.761. The lowest BCUT2D eigenvalue weighted by atomic mass is 9.87. The van der Waals surface area contributed by atoms with Gasteiger partial charge in [-0.05, 0) is 18.9 Å². The average Bonchev–Trinajstić information content (AvgIpc) is 2.14. The zero-order valence-corrected chi connectivity index (χ0v) is 8.09. The normalized spacial score (nSPS) is 18.8. The lowest BCUT2D eigenvalue weighted by molar-refractivity contribution is -0.135. The molecule has 0 amide bonds. The molecule has 0 aromatic heterocycles. The first-order valence-electron chi connectivity index (χ1n) is 5.21. The number of hydrogen-bond donors (Lipinski definition) is 2. The molecule has 1 aliphatic rings. The standard InChI is InChI=1S/C10H19NO2/c12-10(13)8-11-7-6-9-4-2-1-3-5-9/h9,11H,1-8H2,(H,12,13). The van der Waals surface area contributed by atoms with Gasteiger partial charge in [0.2, 0.25) is 0 Å². The maximum atomic E-state index is 10.2. The largest absolute Gasteiger partial charge is 0.480 e. The zero-order valence-electron chi connectivity index (χ0n) is 8.09. The summed E-state index contributed by atoms with van der Waals surface area (Å²) in [7, 11) is 0. The van der Waals surface area contributed by atoms with E-state index in [1.54, 1.807) is 0 Å². The van der Waals surface area contributed by atoms with Crippen molar-refractivity contribution in [3.63, 3.8) is 0 Å². The molecule has 1 rings (SSSR count). The van der Waals surface area contributed by atoms with Crippen LogP contribution < -0.4 is 5.32 Å². The molecule has 0 radical (unpaired) electrons. The fourth-order valence-corrected chi connectivity index (χ4v) is 1.98. The molecule has 76 valence electrons. The first-order valence-corrected chi connectivity index (χ1v) is 5.21. The van der Waals surface area contributed by atoms with Crippen molar-refractivity contribution in [2.45, 2.75) is 38.5 Å². The molecular formula is C10H19NO2. The molecule has 0 atom stereocenters. The molecule has 3 nitrogen and oxygen atoms in total. The van der Waals surface area contributed by atoms with Crippen LogP contribution in [0.15, 0.2) is 0 Å². The third-order valence-corrected chi connectivity index (χ3v) is 2.73. The highest BCUT2D eigenvalue weighted by atomic mass is 16.4. The van der Waals surface area contributed by atoms with Crippen LogP contribution in [0.2, 0.25) is 0 Å². The highest BCUT2D eigenvalue weighted by molar-refractivity contribution is 5.68. The highest BCUT2D eigenvalue weighted by Crippen LogP contribution is 2.25. The summed E-state index contributed by atoms with van der Waals surface area (Å²) in [6, 6.07) is 0. The third kappa shape index (κ3) is 4.88. The Hall–Kier alpha value is -0.570. The molecule has 1 fully saturated rings. The molecule has 3 heteroatoms. The fourth-order valence-electron chi connectivity index (χ4n) is 1.98. The lowest BCUT2D eigenvalue weighted by Gasteiger charge is -2.21. The van der Waals surface area contributed by atoms with Gasteiger partial charge in [0.25, 0.3) is 0 Å². The molecule has 0 spiro atoms. The van der Waals surface area contributed by atoms with Gasteiger partial charge in [0.15, 0.2) is 0 Å². The third-order valence-electron chi connectivity index (χ3n) is 2.73. The summed E-state index contributed by atoms with van der Waals surface area (Å²) >= 11 is 0. The van der Waals surface area contributed by atoms with Gasteiger partial charge in [-0.1, -0.05) is 32.1 Å². The van der Waals surface area contributed by atoms with E-state index in [9.17, 15) is 4.79 Å². The van der Waals surface area contributed by atoms with Crippen LogP contribution in [0.1, 0.15) is 38.5 Å². The van der Waals surface area contributed by atoms with Crippen LogP contribution in [0.4, 0.5) is 0 Å². The number of aliphatic carboxylic acids is 1. The van der Waals surface area contributed by atoms with Gasteiger partial charge in [-0.25, -0.2) is 0 Å². The predicted octanol–water partition coefficient (Wildman–Crippen LogP) is 1.63. The Morgan fingerprint density at radius 1 is 1.31 bits per heavy atom. The summed E-state index contributed by atoms with van der Waals surface area (Å²) in [5.74, 6) is 0.0821. The Morgan fingerprint density at radius 3 is 2.62 bits per heavy atom. The summed E-state index contributed by atoms with van der Waals surface area (Å²) in [6.45, 7) is 0.962. The maximum Gasteiger partial charge on any atom is 0.317 e. The van der Waals surface area contributed by atoms with Crippen molar-refractivity contribution in [3.05, 3.63) is 0 Å². The minimum Gasteiger partial charge on any atom is -0.480 e. The van der Waals surface area contributed by atoms with Crippen LogP contribution in [0.25, 0.3) is 0 Å². The number of carboxylic acid groups (broad SMARTS) is 1. The Balaban J connectivity index is 1.95. The second-order valence-electron chi connectivity index (χ2n) is 3.86. The van der Waals surface area contributed by atoms with Crippen molar-refractivity contribution in [2.24, 2.45) is 5.92 Å². The monoisotopic (exact) mass is 185 g/mol. The molecule has 1 aliphatic carbocycles. The van der Waals surface area contributed by atoms with Gasteiger partial charge in [0.1, 0.15) is 0 Å². The molecular weight excluding hydrogens is 166 g/mol. The number of carbonyl (C=O) groups is 1. The summed E-state index contributed by atoms with van der Waals surface area (Å²) < 4.78 is 0. The summed E-state index contributed by atoms with van der Waals surface area (Å²) in [6.07, 6.45) is 7.95. The number of nitrogens with one attached hydrogen (secondary N) is 1.